The summed E-state index contributed by atoms with van der Waals surface area (Å²) in [5, 5.41) is 0. The van der Waals surface area contributed by atoms with E-state index in [0.29, 0.717) is 9.79 Å². The first kappa shape index (κ1) is 18.4. The summed E-state index contributed by atoms with van der Waals surface area (Å²) in [4.78, 5) is 3.67. The van der Waals surface area contributed by atoms with Gasteiger partial charge in [-0.2, -0.15) is 0 Å². The maximum atomic E-state index is 12.7. The van der Waals surface area contributed by atoms with Crippen molar-refractivity contribution in [2.45, 2.75) is 29.1 Å². The fraction of sp³-hybridized carbons (Fsp3) is 0.333. The van der Waals surface area contributed by atoms with E-state index in [9.17, 15) is 9.11 Å². The molecule has 2 atom stereocenters. The van der Waals surface area contributed by atoms with Crippen molar-refractivity contribution in [3.05, 3.63) is 48.5 Å². The molecule has 2 aromatic rings. The molecule has 0 bridgehead atoms. The summed E-state index contributed by atoms with van der Waals surface area (Å²) in [5.74, 6) is 0. The predicted molar refractivity (Wildman–Crippen MR) is 104 cm³/mol. The molecule has 1 aliphatic rings. The quantitative estimate of drug-likeness (QED) is 0.757. The van der Waals surface area contributed by atoms with E-state index in [4.69, 9.17) is 0 Å². The van der Waals surface area contributed by atoms with Gasteiger partial charge in [0.05, 0.1) is 17.0 Å². The van der Waals surface area contributed by atoms with Crippen LogP contribution in [-0.2, 0) is 22.7 Å². The molecular formula is C18H23N3O2S2. The van der Waals surface area contributed by atoms with Crippen molar-refractivity contribution in [3.63, 3.8) is 0 Å². The first-order valence-corrected chi connectivity index (χ1v) is 10.7. The minimum absolute atomic E-state index is 0.658. The van der Waals surface area contributed by atoms with Crippen molar-refractivity contribution in [2.75, 3.05) is 29.8 Å². The van der Waals surface area contributed by atoms with E-state index in [-0.39, 0.29) is 0 Å². The van der Waals surface area contributed by atoms with Gasteiger partial charge in [-0.25, -0.2) is 4.72 Å². The predicted octanol–water partition coefficient (Wildman–Crippen LogP) is 3.05. The summed E-state index contributed by atoms with van der Waals surface area (Å²) < 4.78 is 30.2. The number of hydrogen-bond donors (Lipinski definition) is 2. The van der Waals surface area contributed by atoms with Gasteiger partial charge in [-0.15, -0.1) is 4.72 Å². The highest BCUT2D eigenvalue weighted by atomic mass is 32.2. The average Bonchev–Trinajstić information content (AvgIpc) is 2.68. The summed E-state index contributed by atoms with van der Waals surface area (Å²) in [6.07, 6.45) is 3.67. The van der Waals surface area contributed by atoms with Crippen LogP contribution in [0.4, 0.5) is 11.4 Å². The Labute approximate surface area is 155 Å². The van der Waals surface area contributed by atoms with E-state index >= 15 is 0 Å². The van der Waals surface area contributed by atoms with Gasteiger partial charge in [-0.1, -0.05) is 12.1 Å². The lowest BCUT2D eigenvalue weighted by Gasteiger charge is -2.30. The van der Waals surface area contributed by atoms with Crippen molar-refractivity contribution in [1.29, 1.82) is 0 Å². The Morgan fingerprint density at radius 3 is 2.08 bits per heavy atom. The van der Waals surface area contributed by atoms with Crippen LogP contribution >= 0.6 is 0 Å². The van der Waals surface area contributed by atoms with Crippen LogP contribution in [0.5, 0.6) is 0 Å². The molecule has 2 N–H and O–H groups in total. The van der Waals surface area contributed by atoms with E-state index in [1.165, 1.54) is 19.3 Å². The van der Waals surface area contributed by atoms with Gasteiger partial charge >= 0.3 is 0 Å². The van der Waals surface area contributed by atoms with Crippen LogP contribution in [0, 0.1) is 0 Å². The number of rotatable bonds is 6. The van der Waals surface area contributed by atoms with Crippen molar-refractivity contribution >= 4 is 34.1 Å². The number of piperidine rings is 1. The molecule has 2 unspecified atom stereocenters. The monoisotopic (exact) mass is 377 g/mol. The third-order valence-electron chi connectivity index (χ3n) is 4.24. The molecule has 25 heavy (non-hydrogen) atoms. The van der Waals surface area contributed by atoms with Crippen molar-refractivity contribution in [2.24, 2.45) is 0 Å². The topological polar surface area (TPSA) is 73.4 Å². The van der Waals surface area contributed by atoms with Crippen LogP contribution in [0.2, 0.25) is 0 Å². The fourth-order valence-electron chi connectivity index (χ4n) is 2.93. The molecule has 0 spiro atoms. The minimum atomic E-state index is -1.37. The fourth-order valence-corrected chi connectivity index (χ4v) is 4.43. The van der Waals surface area contributed by atoms with E-state index in [0.717, 1.165) is 24.5 Å². The SMILES string of the molecule is CN[S+]([O-])c1ccc([S+]([O-])Nc2ccccc2N2CCCCC2)cc1. The first-order chi connectivity index (χ1) is 12.2. The molecule has 0 radical (unpaired) electrons. The molecular weight excluding hydrogens is 354 g/mol. The third-order valence-corrected chi connectivity index (χ3v) is 6.42. The molecule has 0 amide bonds. The number of para-hydroxylation sites is 2. The zero-order valence-corrected chi connectivity index (χ0v) is 15.9. The Morgan fingerprint density at radius 1 is 0.840 bits per heavy atom. The highest BCUT2D eigenvalue weighted by Crippen LogP contribution is 2.30. The molecule has 0 saturated carbocycles. The lowest BCUT2D eigenvalue weighted by atomic mass is 10.1. The molecule has 134 valence electrons. The van der Waals surface area contributed by atoms with Gasteiger partial charge in [-0.3, -0.25) is 0 Å². The van der Waals surface area contributed by atoms with Crippen LogP contribution in [0.1, 0.15) is 19.3 Å². The Morgan fingerprint density at radius 2 is 1.44 bits per heavy atom. The Bertz CT molecular complexity index is 678. The van der Waals surface area contributed by atoms with Crippen LogP contribution in [0.3, 0.4) is 0 Å². The second kappa shape index (κ2) is 8.82. The maximum Gasteiger partial charge on any atom is 0.180 e. The Kier molecular flexibility index (Phi) is 6.50. The summed E-state index contributed by atoms with van der Waals surface area (Å²) >= 11 is -2.60. The van der Waals surface area contributed by atoms with Gasteiger partial charge in [0.2, 0.25) is 0 Å². The molecule has 1 saturated heterocycles. The third kappa shape index (κ3) is 4.62. The van der Waals surface area contributed by atoms with Gasteiger partial charge in [0.15, 0.2) is 9.79 Å². The number of hydrogen-bond acceptors (Lipinski definition) is 5. The zero-order valence-electron chi connectivity index (χ0n) is 14.2. The molecule has 1 heterocycles. The average molecular weight is 378 g/mol. The van der Waals surface area contributed by atoms with Crippen LogP contribution in [0.15, 0.2) is 58.3 Å². The second-order valence-electron chi connectivity index (χ2n) is 5.88. The minimum Gasteiger partial charge on any atom is -0.593 e. The Balaban J connectivity index is 1.73. The molecule has 7 heteroatoms. The van der Waals surface area contributed by atoms with Gasteiger partial charge < -0.3 is 14.0 Å². The summed E-state index contributed by atoms with van der Waals surface area (Å²) in [5.41, 5.74) is 1.98. The number of anilines is 2. The zero-order chi connectivity index (χ0) is 17.6. The number of nitrogens with one attached hydrogen (secondary N) is 2. The molecule has 5 nitrogen and oxygen atoms in total. The van der Waals surface area contributed by atoms with E-state index in [1.54, 1.807) is 31.3 Å². The van der Waals surface area contributed by atoms with Crippen LogP contribution in [0.25, 0.3) is 0 Å². The molecule has 2 aromatic carbocycles. The highest BCUT2D eigenvalue weighted by molar-refractivity contribution is 7.92. The molecule has 0 aromatic heterocycles. The largest absolute Gasteiger partial charge is 0.593 e. The Hall–Kier alpha value is -1.38. The van der Waals surface area contributed by atoms with Crippen LogP contribution in [-0.4, -0.2) is 29.2 Å². The normalized spacial score (nSPS) is 17.2. The van der Waals surface area contributed by atoms with Crippen molar-refractivity contribution < 1.29 is 9.11 Å². The summed E-state index contributed by atoms with van der Waals surface area (Å²) in [7, 11) is 1.64. The summed E-state index contributed by atoms with van der Waals surface area (Å²) in [6, 6.07) is 15.0. The lowest BCUT2D eigenvalue weighted by Crippen LogP contribution is -2.30. The van der Waals surface area contributed by atoms with Crippen molar-refractivity contribution in [3.8, 4) is 0 Å². The standard InChI is InChI=1S/C18H23N3O2S2/c1-19-24(22)15-9-11-16(12-10-15)25(23)20-17-7-3-4-8-18(17)21-13-5-2-6-14-21/h3-4,7-12,19-20H,2,5-6,13-14H2,1H3. The highest BCUT2D eigenvalue weighted by Gasteiger charge is 2.19. The van der Waals surface area contributed by atoms with E-state index < -0.39 is 22.7 Å². The van der Waals surface area contributed by atoms with Gasteiger partial charge in [0.1, 0.15) is 17.0 Å². The lowest BCUT2D eigenvalue weighted by molar-refractivity contribution is 0.578. The summed E-state index contributed by atoms with van der Waals surface area (Å²) in [6.45, 7) is 2.08. The number of benzene rings is 2. The van der Waals surface area contributed by atoms with Gasteiger partial charge in [0.25, 0.3) is 0 Å². The van der Waals surface area contributed by atoms with Gasteiger partial charge in [0, 0.05) is 44.4 Å². The molecule has 1 fully saturated rings. The van der Waals surface area contributed by atoms with E-state index in [1.807, 2.05) is 18.2 Å². The van der Waals surface area contributed by atoms with Gasteiger partial charge in [-0.05, 0) is 31.4 Å². The molecule has 1 aliphatic heterocycles. The second-order valence-corrected chi connectivity index (χ2v) is 8.51. The first-order valence-electron chi connectivity index (χ1n) is 8.40. The maximum absolute atomic E-state index is 12.7. The smallest absolute Gasteiger partial charge is 0.180 e. The van der Waals surface area contributed by atoms with Crippen LogP contribution < -0.4 is 14.3 Å². The molecule has 0 aliphatic carbocycles. The molecule has 3 rings (SSSR count). The van der Waals surface area contributed by atoms with E-state index in [2.05, 4.69) is 20.4 Å². The number of nitrogens with zero attached hydrogens (tertiary/aromatic N) is 1. The van der Waals surface area contributed by atoms with Crippen molar-refractivity contribution in [1.82, 2.24) is 4.72 Å².